The normalized spacial score (nSPS) is 14.5. The average Bonchev–Trinajstić information content (AvgIpc) is 2.81. The molecule has 1 heterocycles. The molecule has 3 nitrogen and oxygen atoms in total. The highest BCUT2D eigenvalue weighted by Crippen LogP contribution is 2.31. The monoisotopic (exact) mass is 252 g/mol. The van der Waals surface area contributed by atoms with Gasteiger partial charge in [0.15, 0.2) is 11.6 Å². The molecule has 0 aliphatic rings. The molecule has 2 rings (SSSR count). The van der Waals surface area contributed by atoms with Crippen LogP contribution in [0.1, 0.15) is 25.1 Å². The first kappa shape index (κ1) is 12.7. The molecule has 1 unspecified atom stereocenters. The molecule has 1 aromatic heterocycles. The smallest absolute Gasteiger partial charge is 0.165 e. The van der Waals surface area contributed by atoms with Crippen LogP contribution in [0.5, 0.6) is 0 Å². The first-order valence-corrected chi connectivity index (χ1v) is 5.67. The molecular formula is C13H14F2N2O. The zero-order chi connectivity index (χ0) is 13.3. The summed E-state index contributed by atoms with van der Waals surface area (Å²) in [5.41, 5.74) is -1.30. The van der Waals surface area contributed by atoms with Crippen molar-refractivity contribution in [2.45, 2.75) is 26.0 Å². The minimum atomic E-state index is -1.63. The Bertz CT molecular complexity index is 564. The largest absolute Gasteiger partial charge is 0.379 e. The molecule has 1 N–H and O–H groups in total. The van der Waals surface area contributed by atoms with Gasteiger partial charge in [-0.3, -0.25) is 4.68 Å². The lowest BCUT2D eigenvalue weighted by Gasteiger charge is -2.25. The fraction of sp³-hybridized carbons (Fsp3) is 0.308. The quantitative estimate of drug-likeness (QED) is 0.911. The lowest BCUT2D eigenvalue weighted by Crippen LogP contribution is -2.28. The first-order valence-electron chi connectivity index (χ1n) is 5.67. The summed E-state index contributed by atoms with van der Waals surface area (Å²) in [5, 5.41) is 14.5. The van der Waals surface area contributed by atoms with Gasteiger partial charge in [-0.2, -0.15) is 5.10 Å². The summed E-state index contributed by atoms with van der Waals surface area (Å²) >= 11 is 0. The number of aryl methyl sites for hydroxylation is 1. The molecular weight excluding hydrogens is 238 g/mol. The Morgan fingerprint density at radius 1 is 1.33 bits per heavy atom. The molecule has 0 saturated carbocycles. The Morgan fingerprint density at radius 3 is 2.72 bits per heavy atom. The van der Waals surface area contributed by atoms with E-state index in [1.54, 1.807) is 10.7 Å². The number of benzene rings is 1. The zero-order valence-electron chi connectivity index (χ0n) is 10.2. The average molecular weight is 252 g/mol. The van der Waals surface area contributed by atoms with Crippen LogP contribution < -0.4 is 0 Å². The zero-order valence-corrected chi connectivity index (χ0v) is 10.2. The van der Waals surface area contributed by atoms with Crippen LogP contribution in [-0.2, 0) is 12.1 Å². The summed E-state index contributed by atoms with van der Waals surface area (Å²) in [6.07, 6.45) is 1.52. The van der Waals surface area contributed by atoms with Gasteiger partial charge in [-0.1, -0.05) is 12.1 Å². The van der Waals surface area contributed by atoms with Gasteiger partial charge in [-0.25, -0.2) is 8.78 Å². The third-order valence-electron chi connectivity index (χ3n) is 2.99. The molecule has 5 heteroatoms. The van der Waals surface area contributed by atoms with Crippen LogP contribution >= 0.6 is 0 Å². The first-order chi connectivity index (χ1) is 8.48. The molecule has 1 atom stereocenters. The Morgan fingerprint density at radius 2 is 2.06 bits per heavy atom. The van der Waals surface area contributed by atoms with Gasteiger partial charge >= 0.3 is 0 Å². The van der Waals surface area contributed by atoms with Crippen molar-refractivity contribution in [2.75, 3.05) is 0 Å². The molecule has 1 aromatic carbocycles. The summed E-state index contributed by atoms with van der Waals surface area (Å²) in [5.74, 6) is -2.01. The van der Waals surface area contributed by atoms with Crippen molar-refractivity contribution in [3.05, 3.63) is 53.4 Å². The number of rotatable bonds is 3. The Hall–Kier alpha value is -1.75. The van der Waals surface area contributed by atoms with E-state index >= 15 is 0 Å². The van der Waals surface area contributed by atoms with E-state index in [1.165, 1.54) is 25.3 Å². The van der Waals surface area contributed by atoms with Gasteiger partial charge in [-0.05, 0) is 26.0 Å². The molecule has 2 aromatic rings. The second-order valence-electron chi connectivity index (χ2n) is 4.21. The number of aliphatic hydroxyl groups is 1. The maximum atomic E-state index is 13.8. The Kier molecular flexibility index (Phi) is 3.17. The van der Waals surface area contributed by atoms with Gasteiger partial charge in [0, 0.05) is 18.3 Å². The van der Waals surface area contributed by atoms with E-state index < -0.39 is 17.2 Å². The summed E-state index contributed by atoms with van der Waals surface area (Å²) in [6.45, 7) is 3.82. The molecule has 0 fully saturated rings. The Labute approximate surface area is 104 Å². The van der Waals surface area contributed by atoms with Crippen LogP contribution in [0, 0.1) is 11.6 Å². The molecule has 0 aliphatic heterocycles. The number of nitrogens with zero attached hydrogens (tertiary/aromatic N) is 2. The van der Waals surface area contributed by atoms with Crippen LogP contribution in [0.4, 0.5) is 8.78 Å². The fourth-order valence-electron chi connectivity index (χ4n) is 2.02. The second kappa shape index (κ2) is 4.49. The highest BCUT2D eigenvalue weighted by Gasteiger charge is 2.32. The van der Waals surface area contributed by atoms with E-state index in [0.717, 1.165) is 6.07 Å². The van der Waals surface area contributed by atoms with Gasteiger partial charge in [0.1, 0.15) is 5.60 Å². The lowest BCUT2D eigenvalue weighted by molar-refractivity contribution is 0.0868. The van der Waals surface area contributed by atoms with Crippen molar-refractivity contribution in [3.8, 4) is 0 Å². The van der Waals surface area contributed by atoms with Crippen LogP contribution in [0.25, 0.3) is 0 Å². The van der Waals surface area contributed by atoms with Crippen molar-refractivity contribution in [3.63, 3.8) is 0 Å². The predicted molar refractivity (Wildman–Crippen MR) is 62.9 cm³/mol. The SMILES string of the molecule is CCn1nccc1C(C)(O)c1cccc(F)c1F. The summed E-state index contributed by atoms with van der Waals surface area (Å²) in [6, 6.07) is 5.35. The molecule has 0 saturated heterocycles. The van der Waals surface area contributed by atoms with Crippen molar-refractivity contribution in [1.29, 1.82) is 0 Å². The van der Waals surface area contributed by atoms with Gasteiger partial charge < -0.3 is 5.11 Å². The fourth-order valence-corrected chi connectivity index (χ4v) is 2.02. The molecule has 96 valence electrons. The Balaban J connectivity index is 2.58. The topological polar surface area (TPSA) is 38.0 Å². The lowest BCUT2D eigenvalue weighted by atomic mass is 9.91. The van der Waals surface area contributed by atoms with Crippen molar-refractivity contribution in [1.82, 2.24) is 9.78 Å². The van der Waals surface area contributed by atoms with Crippen molar-refractivity contribution >= 4 is 0 Å². The minimum absolute atomic E-state index is 0.0994. The van der Waals surface area contributed by atoms with Gasteiger partial charge in [0.25, 0.3) is 0 Å². The minimum Gasteiger partial charge on any atom is -0.379 e. The third-order valence-corrected chi connectivity index (χ3v) is 2.99. The van der Waals surface area contributed by atoms with E-state index in [2.05, 4.69) is 5.10 Å². The van der Waals surface area contributed by atoms with E-state index in [0.29, 0.717) is 12.2 Å². The van der Waals surface area contributed by atoms with Gasteiger partial charge in [-0.15, -0.1) is 0 Å². The maximum absolute atomic E-state index is 13.8. The molecule has 0 aliphatic carbocycles. The summed E-state index contributed by atoms with van der Waals surface area (Å²) in [4.78, 5) is 0. The molecule has 0 spiro atoms. The molecule has 0 amide bonds. The molecule has 0 radical (unpaired) electrons. The number of halogens is 2. The van der Waals surface area contributed by atoms with Crippen LogP contribution in [0.3, 0.4) is 0 Å². The van der Waals surface area contributed by atoms with E-state index in [-0.39, 0.29) is 5.56 Å². The highest BCUT2D eigenvalue weighted by molar-refractivity contribution is 5.32. The van der Waals surface area contributed by atoms with Crippen molar-refractivity contribution in [2.24, 2.45) is 0 Å². The van der Waals surface area contributed by atoms with Gasteiger partial charge in [0.2, 0.25) is 0 Å². The van der Waals surface area contributed by atoms with Crippen molar-refractivity contribution < 1.29 is 13.9 Å². The summed E-state index contributed by atoms with van der Waals surface area (Å²) in [7, 11) is 0. The second-order valence-corrected chi connectivity index (χ2v) is 4.21. The predicted octanol–water partition coefficient (Wildman–Crippen LogP) is 2.44. The summed E-state index contributed by atoms with van der Waals surface area (Å²) < 4.78 is 28.5. The van der Waals surface area contributed by atoms with Crippen LogP contribution in [0.15, 0.2) is 30.5 Å². The standard InChI is InChI=1S/C13H14F2N2O/c1-3-17-11(7-8-16-17)13(2,18)9-5-4-6-10(14)12(9)15/h4-8,18H,3H2,1-2H3. The third kappa shape index (κ3) is 1.90. The van der Waals surface area contributed by atoms with Crippen LogP contribution in [-0.4, -0.2) is 14.9 Å². The highest BCUT2D eigenvalue weighted by atomic mass is 19.2. The number of aromatic nitrogens is 2. The number of hydrogen-bond acceptors (Lipinski definition) is 2. The maximum Gasteiger partial charge on any atom is 0.165 e. The van der Waals surface area contributed by atoms with E-state index in [9.17, 15) is 13.9 Å². The molecule has 0 bridgehead atoms. The molecule has 18 heavy (non-hydrogen) atoms. The van der Waals surface area contributed by atoms with E-state index in [1.807, 2.05) is 6.92 Å². The van der Waals surface area contributed by atoms with Gasteiger partial charge in [0.05, 0.1) is 5.69 Å². The van der Waals surface area contributed by atoms with Crippen LogP contribution in [0.2, 0.25) is 0 Å². The van der Waals surface area contributed by atoms with E-state index in [4.69, 9.17) is 0 Å². The number of hydrogen-bond donors (Lipinski definition) is 1.